The Hall–Kier alpha value is -2.94. The number of amides is 1. The second-order valence-electron chi connectivity index (χ2n) is 5.72. The molecule has 4 rings (SSSR count). The summed E-state index contributed by atoms with van der Waals surface area (Å²) in [5, 5.41) is 0.653. The van der Waals surface area contributed by atoms with Gasteiger partial charge in [0.05, 0.1) is 24.3 Å². The molecule has 0 radical (unpaired) electrons. The highest BCUT2D eigenvalue weighted by molar-refractivity contribution is 7.98. The van der Waals surface area contributed by atoms with Crippen molar-refractivity contribution in [2.24, 2.45) is 0 Å². The van der Waals surface area contributed by atoms with Crippen LogP contribution in [0.1, 0.15) is 27.6 Å². The summed E-state index contributed by atoms with van der Waals surface area (Å²) in [5.41, 5.74) is 1.15. The summed E-state index contributed by atoms with van der Waals surface area (Å²) < 4.78 is 5.68. The predicted octanol–water partition coefficient (Wildman–Crippen LogP) is 1.64. The van der Waals surface area contributed by atoms with Crippen LogP contribution in [0, 0.1) is 0 Å². The minimum absolute atomic E-state index is 0.137. The second kappa shape index (κ2) is 7.12. The Labute approximate surface area is 152 Å². The molecule has 1 aliphatic heterocycles. The van der Waals surface area contributed by atoms with E-state index in [0.717, 1.165) is 0 Å². The summed E-state index contributed by atoms with van der Waals surface area (Å²) in [6.07, 6.45) is 5.21. The molecule has 0 aromatic carbocycles. The Kier molecular flexibility index (Phi) is 4.53. The van der Waals surface area contributed by atoms with E-state index in [-0.39, 0.29) is 17.2 Å². The molecule has 4 heterocycles. The van der Waals surface area contributed by atoms with Crippen molar-refractivity contribution in [1.82, 2.24) is 24.8 Å². The number of hydrogen-bond acceptors (Lipinski definition) is 7. The lowest BCUT2D eigenvalue weighted by Gasteiger charge is -2.26. The number of furan rings is 1. The highest BCUT2D eigenvalue weighted by Gasteiger charge is 2.26. The molecule has 0 unspecified atom stereocenters. The average Bonchev–Trinajstić information content (AvgIpc) is 3.15. The Bertz CT molecular complexity index is 985. The van der Waals surface area contributed by atoms with Gasteiger partial charge in [0.1, 0.15) is 5.76 Å². The number of carbonyl (C=O) groups excluding carboxylic acids is 1. The van der Waals surface area contributed by atoms with Crippen molar-refractivity contribution < 1.29 is 9.21 Å². The number of rotatable bonds is 4. The summed E-state index contributed by atoms with van der Waals surface area (Å²) in [5.74, 6) is 1.29. The monoisotopic (exact) mass is 369 g/mol. The molecule has 0 aliphatic carbocycles. The largest absolute Gasteiger partial charge is 0.455 e. The number of nitrogens with zero attached hydrogens (tertiary/aromatic N) is 4. The summed E-state index contributed by atoms with van der Waals surface area (Å²) in [4.78, 5) is 41.1. The molecule has 1 amide bonds. The second-order valence-corrected chi connectivity index (χ2v) is 6.66. The Morgan fingerprint density at radius 3 is 2.96 bits per heavy atom. The number of hydrogen-bond donors (Lipinski definition) is 1. The number of aromatic nitrogens is 4. The van der Waals surface area contributed by atoms with Crippen molar-refractivity contribution in [2.45, 2.75) is 23.9 Å². The van der Waals surface area contributed by atoms with E-state index in [9.17, 15) is 9.59 Å². The highest BCUT2D eigenvalue weighted by atomic mass is 32.2. The van der Waals surface area contributed by atoms with Gasteiger partial charge in [0.25, 0.3) is 11.5 Å². The Morgan fingerprint density at radius 1 is 1.27 bits per heavy atom. The lowest BCUT2D eigenvalue weighted by atomic mass is 10.1. The number of H-pyrrole nitrogens is 1. The van der Waals surface area contributed by atoms with E-state index >= 15 is 0 Å². The third kappa shape index (κ3) is 3.38. The average molecular weight is 369 g/mol. The van der Waals surface area contributed by atoms with Crippen molar-refractivity contribution in [1.29, 1.82) is 0 Å². The first-order chi connectivity index (χ1) is 12.7. The minimum atomic E-state index is -0.204. The van der Waals surface area contributed by atoms with Crippen molar-refractivity contribution >= 4 is 17.7 Å². The topological polar surface area (TPSA) is 105 Å². The van der Waals surface area contributed by atoms with E-state index in [1.165, 1.54) is 18.1 Å². The number of carbonyl (C=O) groups is 1. The summed E-state index contributed by atoms with van der Waals surface area (Å²) in [6, 6.07) is 5.21. The molecule has 3 aromatic rings. The molecule has 0 atom stereocenters. The van der Waals surface area contributed by atoms with E-state index in [4.69, 9.17) is 4.42 Å². The van der Waals surface area contributed by atoms with Crippen LogP contribution in [-0.4, -0.2) is 37.3 Å². The predicted molar refractivity (Wildman–Crippen MR) is 93.6 cm³/mol. The molecule has 132 valence electrons. The van der Waals surface area contributed by atoms with Crippen LogP contribution in [-0.2, 0) is 18.7 Å². The van der Waals surface area contributed by atoms with Gasteiger partial charge in [-0.25, -0.2) is 15.0 Å². The van der Waals surface area contributed by atoms with Gasteiger partial charge in [0, 0.05) is 24.5 Å². The van der Waals surface area contributed by atoms with E-state index in [2.05, 4.69) is 19.9 Å². The summed E-state index contributed by atoms with van der Waals surface area (Å²) in [6.45, 7) is 0.768. The molecule has 0 saturated heterocycles. The van der Waals surface area contributed by atoms with Crippen LogP contribution < -0.4 is 5.56 Å². The first-order valence-electron chi connectivity index (χ1n) is 8.04. The fraction of sp³-hybridized carbons (Fsp3) is 0.235. The van der Waals surface area contributed by atoms with Gasteiger partial charge in [-0.05, 0) is 24.6 Å². The molecule has 0 bridgehead atoms. The number of fused-ring (bicyclic) bond motifs is 1. The molecular formula is C17H15N5O3S. The first kappa shape index (κ1) is 16.5. The van der Waals surface area contributed by atoms with Crippen LogP contribution in [0.25, 0.3) is 0 Å². The number of aromatic amines is 1. The summed E-state index contributed by atoms with van der Waals surface area (Å²) >= 11 is 1.44. The molecule has 9 heteroatoms. The van der Waals surface area contributed by atoms with Crippen molar-refractivity contribution in [3.63, 3.8) is 0 Å². The molecule has 1 aliphatic rings. The van der Waals surface area contributed by atoms with Crippen LogP contribution in [0.2, 0.25) is 0 Å². The van der Waals surface area contributed by atoms with Gasteiger partial charge in [-0.1, -0.05) is 11.8 Å². The van der Waals surface area contributed by atoms with Crippen molar-refractivity contribution in [3.05, 3.63) is 70.1 Å². The molecular weight excluding hydrogens is 354 g/mol. The van der Waals surface area contributed by atoms with Crippen molar-refractivity contribution in [2.75, 3.05) is 6.54 Å². The molecule has 8 nitrogen and oxygen atoms in total. The van der Waals surface area contributed by atoms with Crippen LogP contribution in [0.3, 0.4) is 0 Å². The maximum Gasteiger partial charge on any atom is 0.289 e. The van der Waals surface area contributed by atoms with Crippen LogP contribution in [0.4, 0.5) is 0 Å². The van der Waals surface area contributed by atoms with Crippen LogP contribution in [0.5, 0.6) is 0 Å². The minimum Gasteiger partial charge on any atom is -0.455 e. The van der Waals surface area contributed by atoms with E-state index in [1.807, 2.05) is 0 Å². The molecule has 3 aromatic heterocycles. The SMILES string of the molecule is O=C(c1ccc(CSc2ncccn2)o1)N1CCc2c(nc[nH]c2=O)C1. The van der Waals surface area contributed by atoms with Gasteiger partial charge in [0.15, 0.2) is 10.9 Å². The zero-order valence-electron chi connectivity index (χ0n) is 13.7. The molecule has 1 N–H and O–H groups in total. The van der Waals surface area contributed by atoms with Gasteiger partial charge in [-0.3, -0.25) is 9.59 Å². The quantitative estimate of drug-likeness (QED) is 0.550. The molecule has 0 spiro atoms. The normalized spacial score (nSPS) is 13.5. The van der Waals surface area contributed by atoms with E-state index in [1.54, 1.807) is 35.5 Å². The van der Waals surface area contributed by atoms with Gasteiger partial charge >= 0.3 is 0 Å². The Balaban J connectivity index is 1.43. The summed E-state index contributed by atoms with van der Waals surface area (Å²) in [7, 11) is 0. The lowest BCUT2D eigenvalue weighted by molar-refractivity contribution is 0.0697. The zero-order valence-corrected chi connectivity index (χ0v) is 14.5. The maximum absolute atomic E-state index is 12.7. The van der Waals surface area contributed by atoms with Crippen molar-refractivity contribution in [3.8, 4) is 0 Å². The third-order valence-electron chi connectivity index (χ3n) is 4.06. The zero-order chi connectivity index (χ0) is 17.9. The van der Waals surface area contributed by atoms with Gasteiger partial charge in [0.2, 0.25) is 0 Å². The third-order valence-corrected chi connectivity index (χ3v) is 4.95. The molecule has 0 saturated carbocycles. The highest BCUT2D eigenvalue weighted by Crippen LogP contribution is 2.22. The number of nitrogens with one attached hydrogen (secondary N) is 1. The van der Waals surface area contributed by atoms with Gasteiger partial charge < -0.3 is 14.3 Å². The lowest BCUT2D eigenvalue weighted by Crippen LogP contribution is -2.38. The standard InChI is InChI=1S/C17H15N5O3S/c23-15-12-4-7-22(8-13(12)20-10-21-15)16(24)14-3-2-11(25-14)9-26-17-18-5-1-6-19-17/h1-3,5-6,10H,4,7-9H2,(H,20,21,23). The first-order valence-corrected chi connectivity index (χ1v) is 9.02. The van der Waals surface area contributed by atoms with E-state index < -0.39 is 0 Å². The molecule has 0 fully saturated rings. The van der Waals surface area contributed by atoms with Gasteiger partial charge in [-0.15, -0.1) is 0 Å². The fourth-order valence-electron chi connectivity index (χ4n) is 2.76. The maximum atomic E-state index is 12.7. The molecule has 26 heavy (non-hydrogen) atoms. The smallest absolute Gasteiger partial charge is 0.289 e. The number of thioether (sulfide) groups is 1. The fourth-order valence-corrected chi connectivity index (χ4v) is 3.46. The van der Waals surface area contributed by atoms with Crippen LogP contribution in [0.15, 0.2) is 51.3 Å². The van der Waals surface area contributed by atoms with E-state index in [0.29, 0.717) is 47.4 Å². The van der Waals surface area contributed by atoms with Crippen LogP contribution >= 0.6 is 11.8 Å². The Morgan fingerprint density at radius 2 is 2.12 bits per heavy atom. The van der Waals surface area contributed by atoms with Gasteiger partial charge in [-0.2, -0.15) is 0 Å².